The Balaban J connectivity index is 2.06. The van der Waals surface area contributed by atoms with Crippen molar-refractivity contribution in [1.29, 1.82) is 5.26 Å². The van der Waals surface area contributed by atoms with Crippen molar-refractivity contribution in [2.45, 2.75) is 0 Å². The van der Waals surface area contributed by atoms with E-state index < -0.39 is 16.8 Å². The summed E-state index contributed by atoms with van der Waals surface area (Å²) < 4.78 is 33.2. The van der Waals surface area contributed by atoms with Crippen LogP contribution < -0.4 is 14.8 Å². The van der Waals surface area contributed by atoms with Gasteiger partial charge in [-0.25, -0.2) is 18.6 Å². The molecule has 0 bridgehead atoms. The van der Waals surface area contributed by atoms with Crippen molar-refractivity contribution >= 4 is 39.1 Å². The summed E-state index contributed by atoms with van der Waals surface area (Å²) in [5, 5.41) is 12.4. The highest BCUT2D eigenvalue weighted by molar-refractivity contribution is 7.85. The number of hydrogen-bond donors (Lipinski definition) is 2. The summed E-state index contributed by atoms with van der Waals surface area (Å²) in [5.41, 5.74) is 2.07. The molecule has 132 valence electrons. The van der Waals surface area contributed by atoms with Gasteiger partial charge in [0, 0.05) is 11.9 Å². The third-order valence-corrected chi connectivity index (χ3v) is 4.03. The Morgan fingerprint density at radius 3 is 2.77 bits per heavy atom. The Morgan fingerprint density at radius 2 is 2.08 bits per heavy atom. The molecule has 0 aliphatic heterocycles. The van der Waals surface area contributed by atoms with Gasteiger partial charge in [0.25, 0.3) is 0 Å². The molecule has 26 heavy (non-hydrogen) atoms. The summed E-state index contributed by atoms with van der Waals surface area (Å²) in [4.78, 5) is 8.44. The Morgan fingerprint density at radius 1 is 1.27 bits per heavy atom. The molecule has 0 saturated heterocycles. The summed E-state index contributed by atoms with van der Waals surface area (Å²) in [7, 11) is 0.163. The van der Waals surface area contributed by atoms with E-state index in [1.807, 2.05) is 0 Å². The lowest BCUT2D eigenvalue weighted by Crippen LogP contribution is -2.03. The van der Waals surface area contributed by atoms with E-state index in [0.717, 1.165) is 0 Å². The molecule has 7 nitrogen and oxygen atoms in total. The van der Waals surface area contributed by atoms with Crippen LogP contribution in [0.1, 0.15) is 5.56 Å². The number of anilines is 3. The SMILES string of the molecule is COc1cnc2ccc(Nc3cc(NS(C)=O)ccc3F)c(C#N)c2n1. The lowest BCUT2D eigenvalue weighted by atomic mass is 10.1. The van der Waals surface area contributed by atoms with Gasteiger partial charge in [-0.15, -0.1) is 0 Å². The number of methoxy groups -OCH3 is 1. The number of nitrogens with one attached hydrogen (secondary N) is 2. The zero-order valence-electron chi connectivity index (χ0n) is 13.9. The largest absolute Gasteiger partial charge is 0.480 e. The molecule has 1 heterocycles. The van der Waals surface area contributed by atoms with Gasteiger partial charge in [0.1, 0.15) is 34.0 Å². The van der Waals surface area contributed by atoms with Gasteiger partial charge in [-0.05, 0) is 30.3 Å². The van der Waals surface area contributed by atoms with E-state index in [4.69, 9.17) is 4.74 Å². The maximum absolute atomic E-state index is 14.2. The maximum atomic E-state index is 14.2. The van der Waals surface area contributed by atoms with Gasteiger partial charge in [-0.2, -0.15) is 5.26 Å². The van der Waals surface area contributed by atoms with E-state index in [9.17, 15) is 13.9 Å². The van der Waals surface area contributed by atoms with Crippen molar-refractivity contribution in [2.75, 3.05) is 23.4 Å². The third kappa shape index (κ3) is 3.55. The molecule has 1 unspecified atom stereocenters. The fourth-order valence-electron chi connectivity index (χ4n) is 2.37. The maximum Gasteiger partial charge on any atom is 0.232 e. The Labute approximate surface area is 151 Å². The number of rotatable bonds is 5. The molecule has 2 aromatic carbocycles. The second kappa shape index (κ2) is 7.33. The summed E-state index contributed by atoms with van der Waals surface area (Å²) >= 11 is 0. The average molecular weight is 371 g/mol. The van der Waals surface area contributed by atoms with Crippen molar-refractivity contribution < 1.29 is 13.3 Å². The third-order valence-electron chi connectivity index (χ3n) is 3.51. The van der Waals surface area contributed by atoms with Crippen LogP contribution in [-0.4, -0.2) is 27.5 Å². The first-order valence-corrected chi connectivity index (χ1v) is 8.98. The van der Waals surface area contributed by atoms with Crippen LogP contribution in [0, 0.1) is 17.1 Å². The van der Waals surface area contributed by atoms with Crippen LogP contribution >= 0.6 is 0 Å². The predicted molar refractivity (Wildman–Crippen MR) is 98.2 cm³/mol. The zero-order valence-corrected chi connectivity index (χ0v) is 14.7. The fraction of sp³-hybridized carbons (Fsp3) is 0.118. The summed E-state index contributed by atoms with van der Waals surface area (Å²) in [6.07, 6.45) is 2.93. The first kappa shape index (κ1) is 17.6. The number of nitrogens with zero attached hydrogens (tertiary/aromatic N) is 3. The molecule has 0 radical (unpaired) electrons. The minimum atomic E-state index is -1.29. The van der Waals surface area contributed by atoms with Crippen molar-refractivity contribution in [3.05, 3.63) is 47.9 Å². The number of benzene rings is 2. The minimum absolute atomic E-state index is 0.132. The van der Waals surface area contributed by atoms with Crippen LogP contribution in [0.5, 0.6) is 5.88 Å². The number of halogens is 1. The van der Waals surface area contributed by atoms with E-state index in [2.05, 4.69) is 26.1 Å². The summed E-state index contributed by atoms with van der Waals surface area (Å²) in [6.45, 7) is 0. The molecule has 0 fully saturated rings. The van der Waals surface area contributed by atoms with Gasteiger partial charge in [0.05, 0.1) is 30.2 Å². The molecular weight excluding hydrogens is 357 g/mol. The Hall–Kier alpha value is -3.25. The number of ether oxygens (including phenoxy) is 1. The van der Waals surface area contributed by atoms with Gasteiger partial charge in [-0.3, -0.25) is 0 Å². The van der Waals surface area contributed by atoms with Gasteiger partial charge >= 0.3 is 0 Å². The molecule has 0 saturated carbocycles. The number of nitriles is 1. The molecule has 0 aliphatic carbocycles. The Kier molecular flexibility index (Phi) is 4.95. The second-order valence-electron chi connectivity index (χ2n) is 5.26. The summed E-state index contributed by atoms with van der Waals surface area (Å²) in [5.74, 6) is -0.243. The average Bonchev–Trinajstić information content (AvgIpc) is 2.63. The van der Waals surface area contributed by atoms with Crippen LogP contribution in [-0.2, 0) is 11.0 Å². The van der Waals surface area contributed by atoms with Gasteiger partial charge in [0.2, 0.25) is 5.88 Å². The topological polar surface area (TPSA) is 99.9 Å². The highest BCUT2D eigenvalue weighted by Crippen LogP contribution is 2.29. The molecule has 0 amide bonds. The monoisotopic (exact) mass is 371 g/mol. The summed E-state index contributed by atoms with van der Waals surface area (Å²) in [6, 6.07) is 9.56. The standard InChI is InChI=1S/C17H14FN5O2S/c1-25-16-9-20-14-6-5-13(11(8-19)17(14)22-16)21-15-7-10(23-26(2)24)3-4-12(15)18/h3-7,9,21,23H,1-2H3. The molecule has 0 spiro atoms. The van der Waals surface area contributed by atoms with Crippen LogP contribution in [0.3, 0.4) is 0 Å². The molecule has 3 rings (SSSR count). The molecule has 2 N–H and O–H groups in total. The lowest BCUT2D eigenvalue weighted by molar-refractivity contribution is 0.397. The zero-order chi connectivity index (χ0) is 18.7. The number of aromatic nitrogens is 2. The van der Waals surface area contributed by atoms with Crippen molar-refractivity contribution in [1.82, 2.24) is 9.97 Å². The molecule has 1 aromatic heterocycles. The normalized spacial score (nSPS) is 11.6. The van der Waals surface area contributed by atoms with E-state index >= 15 is 0 Å². The lowest BCUT2D eigenvalue weighted by Gasteiger charge is -2.12. The highest BCUT2D eigenvalue weighted by atomic mass is 32.2. The molecule has 0 aliphatic rings. The van der Waals surface area contributed by atoms with E-state index in [1.54, 1.807) is 12.1 Å². The predicted octanol–water partition coefficient (Wildman–Crippen LogP) is 3.10. The van der Waals surface area contributed by atoms with Crippen molar-refractivity contribution in [3.8, 4) is 11.9 Å². The van der Waals surface area contributed by atoms with Crippen molar-refractivity contribution in [3.63, 3.8) is 0 Å². The first-order valence-electron chi connectivity index (χ1n) is 7.42. The van der Waals surface area contributed by atoms with E-state index in [1.165, 1.54) is 37.8 Å². The number of fused-ring (bicyclic) bond motifs is 1. The Bertz CT molecular complexity index is 1050. The quantitative estimate of drug-likeness (QED) is 0.715. The van der Waals surface area contributed by atoms with Crippen LogP contribution in [0.2, 0.25) is 0 Å². The van der Waals surface area contributed by atoms with Gasteiger partial charge in [-0.1, -0.05) is 0 Å². The van der Waals surface area contributed by atoms with Crippen LogP contribution in [0.25, 0.3) is 11.0 Å². The van der Waals surface area contributed by atoms with Crippen molar-refractivity contribution in [2.24, 2.45) is 0 Å². The second-order valence-corrected chi connectivity index (χ2v) is 6.37. The molecular formula is C17H14FN5O2S. The van der Waals surface area contributed by atoms with E-state index in [0.29, 0.717) is 22.4 Å². The molecule has 3 aromatic rings. The first-order chi connectivity index (χ1) is 12.5. The fourth-order valence-corrected chi connectivity index (χ4v) is 2.83. The number of hydrogen-bond acceptors (Lipinski definition) is 6. The minimum Gasteiger partial charge on any atom is -0.480 e. The highest BCUT2D eigenvalue weighted by Gasteiger charge is 2.13. The smallest absolute Gasteiger partial charge is 0.232 e. The molecule has 1 atom stereocenters. The van der Waals surface area contributed by atoms with Gasteiger partial charge < -0.3 is 14.8 Å². The van der Waals surface area contributed by atoms with Crippen LogP contribution in [0.4, 0.5) is 21.5 Å². The van der Waals surface area contributed by atoms with Gasteiger partial charge in [0.15, 0.2) is 0 Å². The van der Waals surface area contributed by atoms with E-state index in [-0.39, 0.29) is 17.1 Å². The van der Waals surface area contributed by atoms with Crippen LogP contribution in [0.15, 0.2) is 36.5 Å². The molecule has 9 heteroatoms.